The Hall–Kier alpha value is -3.42. The van der Waals surface area contributed by atoms with Crippen molar-refractivity contribution in [2.75, 3.05) is 5.32 Å². The van der Waals surface area contributed by atoms with Gasteiger partial charge in [-0.15, -0.1) is 0 Å². The van der Waals surface area contributed by atoms with Gasteiger partial charge in [0.25, 0.3) is 0 Å². The van der Waals surface area contributed by atoms with Gasteiger partial charge in [-0.2, -0.15) is 10.2 Å². The summed E-state index contributed by atoms with van der Waals surface area (Å²) in [5.74, 6) is -1.25. The third kappa shape index (κ3) is 4.54. The van der Waals surface area contributed by atoms with Crippen LogP contribution in [-0.2, 0) is 17.9 Å². The van der Waals surface area contributed by atoms with E-state index in [2.05, 4.69) is 15.5 Å². The van der Waals surface area contributed by atoms with Crippen LogP contribution in [-0.4, -0.2) is 36.5 Å². The number of benzene rings is 1. The van der Waals surface area contributed by atoms with E-state index in [1.165, 1.54) is 10.7 Å². The molecule has 8 heteroatoms. The minimum Gasteiger partial charge on any atom is -0.476 e. The summed E-state index contributed by atoms with van der Waals surface area (Å²) < 4.78 is 3.25. The zero-order valence-corrected chi connectivity index (χ0v) is 13.4. The van der Waals surface area contributed by atoms with Crippen molar-refractivity contribution in [3.05, 3.63) is 66.2 Å². The molecule has 1 aromatic carbocycles. The molecule has 1 amide bonds. The van der Waals surface area contributed by atoms with Gasteiger partial charge in [-0.05, 0) is 29.8 Å². The zero-order valence-electron chi connectivity index (χ0n) is 13.4. The van der Waals surface area contributed by atoms with Gasteiger partial charge in [0, 0.05) is 37.2 Å². The second-order valence-corrected chi connectivity index (χ2v) is 5.47. The molecule has 25 heavy (non-hydrogen) atoms. The summed E-state index contributed by atoms with van der Waals surface area (Å²) in [6.45, 7) is 0.939. The molecule has 0 saturated heterocycles. The van der Waals surface area contributed by atoms with Crippen LogP contribution in [0.2, 0.25) is 0 Å². The van der Waals surface area contributed by atoms with Crippen molar-refractivity contribution in [3.8, 4) is 0 Å². The lowest BCUT2D eigenvalue weighted by molar-refractivity contribution is -0.116. The molecular formula is C17H17N5O3. The number of nitrogens with zero attached hydrogens (tertiary/aromatic N) is 4. The number of nitrogens with one attached hydrogen (secondary N) is 1. The van der Waals surface area contributed by atoms with E-state index in [0.717, 1.165) is 5.56 Å². The highest BCUT2D eigenvalue weighted by atomic mass is 16.4. The monoisotopic (exact) mass is 339 g/mol. The first-order chi connectivity index (χ1) is 12.1. The van der Waals surface area contributed by atoms with Crippen LogP contribution in [0.1, 0.15) is 22.5 Å². The highest BCUT2D eigenvalue weighted by molar-refractivity contribution is 5.90. The molecule has 128 valence electrons. The number of hydrogen-bond donors (Lipinski definition) is 2. The number of aromatic nitrogens is 4. The maximum Gasteiger partial charge on any atom is 0.356 e. The molecule has 0 fully saturated rings. The number of rotatable bonds is 7. The Labute approximate surface area is 143 Å². The molecular weight excluding hydrogens is 322 g/mol. The largest absolute Gasteiger partial charge is 0.476 e. The Morgan fingerprint density at radius 3 is 2.72 bits per heavy atom. The molecule has 0 aliphatic heterocycles. The van der Waals surface area contributed by atoms with E-state index in [1.54, 1.807) is 17.1 Å². The molecule has 0 unspecified atom stereocenters. The molecule has 0 saturated carbocycles. The van der Waals surface area contributed by atoms with Crippen molar-refractivity contribution in [1.82, 2.24) is 19.6 Å². The first-order valence-corrected chi connectivity index (χ1v) is 7.73. The third-order valence-corrected chi connectivity index (χ3v) is 3.54. The summed E-state index contributed by atoms with van der Waals surface area (Å²) in [5.41, 5.74) is 1.70. The number of carbonyl (C=O) groups excluding carboxylic acids is 1. The molecule has 0 aliphatic carbocycles. The highest BCUT2D eigenvalue weighted by Crippen LogP contribution is 2.12. The molecule has 0 spiro atoms. The minimum absolute atomic E-state index is 0.0354. The van der Waals surface area contributed by atoms with Crippen LogP contribution in [0.4, 0.5) is 5.69 Å². The molecule has 0 aliphatic rings. The van der Waals surface area contributed by atoms with Gasteiger partial charge in [-0.25, -0.2) is 4.79 Å². The lowest BCUT2D eigenvalue weighted by atomic mass is 10.2. The van der Waals surface area contributed by atoms with Gasteiger partial charge in [0.1, 0.15) is 0 Å². The lowest BCUT2D eigenvalue weighted by Gasteiger charge is -2.08. The predicted molar refractivity (Wildman–Crippen MR) is 90.2 cm³/mol. The Kier molecular flexibility index (Phi) is 4.89. The molecule has 0 atom stereocenters. The van der Waals surface area contributed by atoms with Gasteiger partial charge in [-0.3, -0.25) is 14.2 Å². The quantitative estimate of drug-likeness (QED) is 0.684. The van der Waals surface area contributed by atoms with Gasteiger partial charge >= 0.3 is 5.97 Å². The van der Waals surface area contributed by atoms with E-state index in [4.69, 9.17) is 5.11 Å². The summed E-state index contributed by atoms with van der Waals surface area (Å²) >= 11 is 0. The number of aryl methyl sites for hydroxylation is 1. The van der Waals surface area contributed by atoms with Gasteiger partial charge in [0.15, 0.2) is 5.69 Å². The number of anilines is 1. The van der Waals surface area contributed by atoms with Crippen molar-refractivity contribution in [3.63, 3.8) is 0 Å². The fourth-order valence-electron chi connectivity index (χ4n) is 2.37. The zero-order chi connectivity index (χ0) is 17.6. The van der Waals surface area contributed by atoms with Crippen LogP contribution in [0.5, 0.6) is 0 Å². The van der Waals surface area contributed by atoms with E-state index in [9.17, 15) is 9.59 Å². The molecule has 0 bridgehead atoms. The van der Waals surface area contributed by atoms with Gasteiger partial charge in [0.05, 0.1) is 6.54 Å². The van der Waals surface area contributed by atoms with Crippen molar-refractivity contribution >= 4 is 17.6 Å². The average Bonchev–Trinajstić information content (AvgIpc) is 3.25. The first kappa shape index (κ1) is 16.4. The fourth-order valence-corrected chi connectivity index (χ4v) is 2.37. The van der Waals surface area contributed by atoms with Crippen LogP contribution in [0, 0.1) is 0 Å². The number of amides is 1. The van der Waals surface area contributed by atoms with E-state index in [0.29, 0.717) is 18.8 Å². The van der Waals surface area contributed by atoms with Crippen LogP contribution in [0.15, 0.2) is 55.0 Å². The normalized spacial score (nSPS) is 10.6. The Balaban J connectivity index is 1.54. The Morgan fingerprint density at radius 1 is 1.12 bits per heavy atom. The van der Waals surface area contributed by atoms with E-state index in [-0.39, 0.29) is 18.0 Å². The first-order valence-electron chi connectivity index (χ1n) is 7.73. The van der Waals surface area contributed by atoms with Crippen molar-refractivity contribution < 1.29 is 14.7 Å². The summed E-state index contributed by atoms with van der Waals surface area (Å²) in [6.07, 6.45) is 5.34. The van der Waals surface area contributed by atoms with Gasteiger partial charge in [0.2, 0.25) is 5.91 Å². The van der Waals surface area contributed by atoms with Crippen LogP contribution >= 0.6 is 0 Å². The maximum absolute atomic E-state index is 12.1. The second-order valence-electron chi connectivity index (χ2n) is 5.47. The summed E-state index contributed by atoms with van der Waals surface area (Å²) in [6, 6.07) is 10.8. The minimum atomic E-state index is -1.09. The number of carbonyl (C=O) groups is 2. The number of hydrogen-bond acceptors (Lipinski definition) is 4. The van der Waals surface area contributed by atoms with E-state index >= 15 is 0 Å². The molecule has 3 aromatic rings. The molecule has 2 aromatic heterocycles. The molecule has 8 nitrogen and oxygen atoms in total. The molecule has 3 rings (SSSR count). The third-order valence-electron chi connectivity index (χ3n) is 3.54. The fraction of sp³-hybridized carbons (Fsp3) is 0.176. The molecule has 2 N–H and O–H groups in total. The Bertz CT molecular complexity index is 870. The predicted octanol–water partition coefficient (Wildman–Crippen LogP) is 1.85. The topological polar surface area (TPSA) is 102 Å². The molecule has 2 heterocycles. The van der Waals surface area contributed by atoms with E-state index in [1.807, 2.05) is 36.5 Å². The summed E-state index contributed by atoms with van der Waals surface area (Å²) in [5, 5.41) is 19.7. The summed E-state index contributed by atoms with van der Waals surface area (Å²) in [4.78, 5) is 22.8. The number of aromatic carboxylic acids is 1. The van der Waals surface area contributed by atoms with Crippen LogP contribution in [0.25, 0.3) is 0 Å². The van der Waals surface area contributed by atoms with Crippen LogP contribution in [0.3, 0.4) is 0 Å². The van der Waals surface area contributed by atoms with Crippen LogP contribution < -0.4 is 5.32 Å². The maximum atomic E-state index is 12.1. The standard InChI is InChI=1S/C17H17N5O3/c23-16(6-10-21-9-5-15(20-21)17(24)25)19-14-4-1-3-13(11-14)12-22-8-2-7-18-22/h1-5,7-9,11H,6,10,12H2,(H,19,23)(H,24,25). The second kappa shape index (κ2) is 7.43. The lowest BCUT2D eigenvalue weighted by Crippen LogP contribution is -2.15. The Morgan fingerprint density at radius 2 is 2.00 bits per heavy atom. The SMILES string of the molecule is O=C(CCn1ccc(C(=O)O)n1)Nc1cccc(Cn2cccn2)c1. The number of carboxylic acids is 1. The van der Waals surface area contributed by atoms with Crippen molar-refractivity contribution in [2.24, 2.45) is 0 Å². The highest BCUT2D eigenvalue weighted by Gasteiger charge is 2.08. The summed E-state index contributed by atoms with van der Waals surface area (Å²) in [7, 11) is 0. The van der Waals surface area contributed by atoms with Gasteiger partial charge in [-0.1, -0.05) is 12.1 Å². The van der Waals surface area contributed by atoms with Crippen molar-refractivity contribution in [1.29, 1.82) is 0 Å². The smallest absolute Gasteiger partial charge is 0.356 e. The molecule has 0 radical (unpaired) electrons. The van der Waals surface area contributed by atoms with Crippen molar-refractivity contribution in [2.45, 2.75) is 19.5 Å². The average molecular weight is 339 g/mol. The van der Waals surface area contributed by atoms with Gasteiger partial charge < -0.3 is 10.4 Å². The van der Waals surface area contributed by atoms with E-state index < -0.39 is 5.97 Å². The number of carboxylic acid groups (broad SMARTS) is 1.